The van der Waals surface area contributed by atoms with E-state index in [-0.39, 0.29) is 0 Å². The second-order valence-corrected chi connectivity index (χ2v) is 9.30. The summed E-state index contributed by atoms with van der Waals surface area (Å²) in [7, 11) is -0.950. The van der Waals surface area contributed by atoms with E-state index >= 15 is 0 Å². The van der Waals surface area contributed by atoms with E-state index < -0.39 is 10.0 Å². The lowest BCUT2D eigenvalue weighted by atomic mass is 9.87. The Morgan fingerprint density at radius 1 is 0.895 bits per heavy atom. The van der Waals surface area contributed by atoms with E-state index in [1.54, 1.807) is 0 Å². The molecule has 0 unspecified atom stereocenters. The molecule has 0 heterocycles. The van der Waals surface area contributed by atoms with E-state index in [0.717, 1.165) is 23.8 Å². The van der Waals surface area contributed by atoms with Gasteiger partial charge in [-0.25, -0.2) is 0 Å². The van der Waals surface area contributed by atoms with Crippen LogP contribution >= 0.6 is 10.0 Å². The largest absolute Gasteiger partial charge is 0.113 e. The molecule has 2 saturated carbocycles. The van der Waals surface area contributed by atoms with Crippen LogP contribution in [0.15, 0.2) is 0 Å². The van der Waals surface area contributed by atoms with E-state index in [2.05, 4.69) is 36.2 Å². The lowest BCUT2D eigenvalue weighted by Gasteiger charge is -2.25. The van der Waals surface area contributed by atoms with E-state index in [9.17, 15) is 0 Å². The molecule has 0 saturated heterocycles. The minimum Gasteiger partial charge on any atom is -0.113 e. The van der Waals surface area contributed by atoms with Gasteiger partial charge >= 0.3 is 0 Å². The van der Waals surface area contributed by atoms with Crippen molar-refractivity contribution in [2.45, 2.75) is 65.2 Å². The van der Waals surface area contributed by atoms with Crippen LogP contribution < -0.4 is 0 Å². The maximum atomic E-state index is 3.62. The van der Waals surface area contributed by atoms with Crippen LogP contribution in [-0.2, 0) is 0 Å². The van der Waals surface area contributed by atoms with Gasteiger partial charge in [-0.2, -0.15) is 0 Å². The number of hydrogen-bond acceptors (Lipinski definition) is 0. The Bertz CT molecular complexity index is 387. The zero-order chi connectivity index (χ0) is 13.6. The molecule has 2 aliphatic carbocycles. The minimum absolute atomic E-state index is 0.713. The molecule has 0 aliphatic heterocycles. The third-order valence-electron chi connectivity index (χ3n) is 4.40. The molecule has 0 spiro atoms. The molecule has 0 atom stereocenters. The van der Waals surface area contributed by atoms with Gasteiger partial charge in [-0.05, 0) is 53.6 Å². The molecule has 1 heteroatoms. The monoisotopic (exact) mass is 276 g/mol. The minimum atomic E-state index is -0.950. The highest BCUT2D eigenvalue weighted by molar-refractivity contribution is 8.41. The summed E-state index contributed by atoms with van der Waals surface area (Å²) in [5, 5.41) is 7.21. The van der Waals surface area contributed by atoms with Crippen LogP contribution in [0.2, 0.25) is 0 Å². The quantitative estimate of drug-likeness (QED) is 0.627. The molecule has 0 N–H and O–H groups in total. The van der Waals surface area contributed by atoms with Gasteiger partial charge < -0.3 is 0 Å². The van der Waals surface area contributed by atoms with Crippen molar-refractivity contribution in [3.8, 4) is 22.3 Å². The van der Waals surface area contributed by atoms with Crippen molar-refractivity contribution in [2.75, 3.05) is 11.5 Å². The van der Waals surface area contributed by atoms with Gasteiger partial charge in [0.05, 0.1) is 0 Å². The molecule has 0 radical (unpaired) electrons. The molecule has 0 nitrogen and oxygen atoms in total. The predicted octanol–water partition coefficient (Wildman–Crippen LogP) is 5.13. The van der Waals surface area contributed by atoms with E-state index in [0.29, 0.717) is 5.92 Å². The van der Waals surface area contributed by atoms with Crippen molar-refractivity contribution in [2.24, 2.45) is 11.8 Å². The van der Waals surface area contributed by atoms with Gasteiger partial charge in [0.2, 0.25) is 0 Å². The summed E-state index contributed by atoms with van der Waals surface area (Å²) in [5.74, 6) is 10.9. The molecule has 19 heavy (non-hydrogen) atoms. The van der Waals surface area contributed by atoms with Crippen LogP contribution in [0.1, 0.15) is 65.2 Å². The molecule has 0 aromatic rings. The second kappa shape index (κ2) is 7.31. The fourth-order valence-electron chi connectivity index (χ4n) is 2.66. The summed E-state index contributed by atoms with van der Waals surface area (Å²) in [6, 6.07) is 0. The lowest BCUT2D eigenvalue weighted by Crippen LogP contribution is -2.05. The standard InChI is InChI=1S/C18H28S/c1-3-19(4-2,16-14-18-12-13-18)15-8-11-17-9-6-5-7-10-17/h17-18H,3-7,9-13H2,1-2H3. The molecule has 2 fully saturated rings. The highest BCUT2D eigenvalue weighted by Gasteiger charge is 2.20. The summed E-state index contributed by atoms with van der Waals surface area (Å²) in [6.45, 7) is 4.55. The summed E-state index contributed by atoms with van der Waals surface area (Å²) < 4.78 is 0. The van der Waals surface area contributed by atoms with E-state index in [1.165, 1.54) is 44.9 Å². The molecule has 0 bridgehead atoms. The van der Waals surface area contributed by atoms with Gasteiger partial charge in [0.25, 0.3) is 0 Å². The Balaban J connectivity index is 1.93. The van der Waals surface area contributed by atoms with Gasteiger partial charge in [-0.3, -0.25) is 0 Å². The van der Waals surface area contributed by atoms with Gasteiger partial charge in [0.1, 0.15) is 0 Å². The zero-order valence-corrected chi connectivity index (χ0v) is 13.5. The van der Waals surface area contributed by atoms with Gasteiger partial charge in [-0.1, -0.05) is 45.0 Å². The van der Waals surface area contributed by atoms with Crippen LogP contribution in [-0.4, -0.2) is 11.5 Å². The maximum Gasteiger partial charge on any atom is 0.0212 e. The van der Waals surface area contributed by atoms with Crippen LogP contribution in [0.5, 0.6) is 0 Å². The van der Waals surface area contributed by atoms with Crippen molar-refractivity contribution in [1.29, 1.82) is 0 Å². The Hall–Kier alpha value is -0.530. The number of hydrogen-bond donors (Lipinski definition) is 0. The molecular weight excluding hydrogens is 248 g/mol. The van der Waals surface area contributed by atoms with Crippen molar-refractivity contribution in [1.82, 2.24) is 0 Å². The Morgan fingerprint density at radius 3 is 2.16 bits per heavy atom. The first-order valence-corrected chi connectivity index (χ1v) is 10.1. The zero-order valence-electron chi connectivity index (χ0n) is 12.6. The topological polar surface area (TPSA) is 0 Å². The highest BCUT2D eigenvalue weighted by atomic mass is 32.3. The van der Waals surface area contributed by atoms with E-state index in [4.69, 9.17) is 0 Å². The smallest absolute Gasteiger partial charge is 0.0212 e. The molecule has 2 rings (SSSR count). The highest BCUT2D eigenvalue weighted by Crippen LogP contribution is 2.45. The van der Waals surface area contributed by atoms with Crippen molar-refractivity contribution in [3.05, 3.63) is 0 Å². The number of rotatable bonds is 3. The van der Waals surface area contributed by atoms with Crippen molar-refractivity contribution in [3.63, 3.8) is 0 Å². The lowest BCUT2D eigenvalue weighted by molar-refractivity contribution is 0.365. The summed E-state index contributed by atoms with van der Waals surface area (Å²) in [4.78, 5) is 0. The average Bonchev–Trinajstić information content (AvgIpc) is 3.28. The first-order valence-electron chi connectivity index (χ1n) is 8.08. The first kappa shape index (κ1) is 14.9. The fourth-order valence-corrected chi connectivity index (χ4v) is 4.45. The second-order valence-electron chi connectivity index (χ2n) is 5.97. The first-order chi connectivity index (χ1) is 9.28. The molecular formula is C18H28S. The van der Waals surface area contributed by atoms with Gasteiger partial charge in [0.15, 0.2) is 0 Å². The van der Waals surface area contributed by atoms with Crippen LogP contribution in [0.25, 0.3) is 0 Å². The van der Waals surface area contributed by atoms with Gasteiger partial charge in [0, 0.05) is 12.3 Å². The molecule has 0 aromatic carbocycles. The maximum absolute atomic E-state index is 3.62. The normalized spacial score (nSPS) is 20.9. The third-order valence-corrected chi connectivity index (χ3v) is 7.42. The van der Waals surface area contributed by atoms with Gasteiger partial charge in [-0.15, -0.1) is 10.0 Å². The SMILES string of the molecule is CCS(C#CCC1CCCCC1)(C#CC1CC1)CC. The summed E-state index contributed by atoms with van der Waals surface area (Å²) >= 11 is 0. The summed E-state index contributed by atoms with van der Waals surface area (Å²) in [6.07, 6.45) is 10.9. The Morgan fingerprint density at radius 2 is 1.58 bits per heavy atom. The Kier molecular flexibility index (Phi) is 5.72. The summed E-state index contributed by atoms with van der Waals surface area (Å²) in [5.41, 5.74) is 0. The van der Waals surface area contributed by atoms with Crippen LogP contribution in [0.3, 0.4) is 0 Å². The average molecular weight is 276 g/mol. The molecule has 2 aliphatic rings. The third kappa shape index (κ3) is 4.81. The molecule has 0 aromatic heterocycles. The predicted molar refractivity (Wildman–Crippen MR) is 88.1 cm³/mol. The fraction of sp³-hybridized carbons (Fsp3) is 0.778. The van der Waals surface area contributed by atoms with E-state index in [1.807, 2.05) is 0 Å². The Labute approximate surface area is 121 Å². The van der Waals surface area contributed by atoms with Crippen LogP contribution in [0.4, 0.5) is 0 Å². The van der Waals surface area contributed by atoms with Crippen LogP contribution in [0, 0.1) is 34.2 Å². The van der Waals surface area contributed by atoms with Crippen molar-refractivity contribution >= 4 is 10.0 Å². The molecule has 106 valence electrons. The molecule has 0 amide bonds. The van der Waals surface area contributed by atoms with Crippen molar-refractivity contribution < 1.29 is 0 Å².